The third kappa shape index (κ3) is 2.42. The standard InChI is InChI=1S/C20H16FO/c1-22-20(16-9-4-2-5-10-16,17-11-6-3-7-12-17)18-13-8-14-19(21)15-18/h2-15H,1H2. The van der Waals surface area contributed by atoms with Gasteiger partial charge in [0, 0.05) is 0 Å². The molecule has 0 fully saturated rings. The fourth-order valence-electron chi connectivity index (χ4n) is 2.80. The van der Waals surface area contributed by atoms with Crippen LogP contribution in [0.5, 0.6) is 0 Å². The smallest absolute Gasteiger partial charge is 0.143 e. The Balaban J connectivity index is 2.31. The molecule has 0 bridgehead atoms. The molecule has 1 nitrogen and oxygen atoms in total. The average molecular weight is 291 g/mol. The maximum atomic E-state index is 13.8. The second-order valence-corrected chi connectivity index (χ2v) is 5.07. The van der Waals surface area contributed by atoms with Crippen molar-refractivity contribution in [2.45, 2.75) is 5.60 Å². The van der Waals surface area contributed by atoms with Crippen LogP contribution in [-0.2, 0) is 10.3 Å². The topological polar surface area (TPSA) is 9.23 Å². The van der Waals surface area contributed by atoms with Crippen LogP contribution in [0, 0.1) is 12.9 Å². The van der Waals surface area contributed by atoms with Crippen molar-refractivity contribution in [3.63, 3.8) is 0 Å². The molecule has 0 aromatic heterocycles. The first-order valence-corrected chi connectivity index (χ1v) is 7.07. The van der Waals surface area contributed by atoms with Crippen LogP contribution in [0.25, 0.3) is 0 Å². The highest BCUT2D eigenvalue weighted by atomic mass is 19.1. The van der Waals surface area contributed by atoms with Crippen molar-refractivity contribution in [2.24, 2.45) is 0 Å². The second-order valence-electron chi connectivity index (χ2n) is 5.07. The third-order valence-corrected chi connectivity index (χ3v) is 3.81. The molecule has 0 aliphatic carbocycles. The van der Waals surface area contributed by atoms with Gasteiger partial charge in [0.2, 0.25) is 0 Å². The van der Waals surface area contributed by atoms with E-state index in [2.05, 4.69) is 7.11 Å². The summed E-state index contributed by atoms with van der Waals surface area (Å²) >= 11 is 0. The van der Waals surface area contributed by atoms with Gasteiger partial charge in [-0.05, 0) is 28.8 Å². The summed E-state index contributed by atoms with van der Waals surface area (Å²) in [4.78, 5) is 0. The fraction of sp³-hybridized carbons (Fsp3) is 0.0500. The lowest BCUT2D eigenvalue weighted by Crippen LogP contribution is -2.31. The van der Waals surface area contributed by atoms with E-state index < -0.39 is 5.60 Å². The van der Waals surface area contributed by atoms with Gasteiger partial charge in [-0.2, -0.15) is 0 Å². The summed E-state index contributed by atoms with van der Waals surface area (Å²) in [5.41, 5.74) is 1.58. The van der Waals surface area contributed by atoms with Crippen LogP contribution >= 0.6 is 0 Å². The van der Waals surface area contributed by atoms with Crippen LogP contribution < -0.4 is 0 Å². The Morgan fingerprint density at radius 2 is 1.18 bits per heavy atom. The van der Waals surface area contributed by atoms with Crippen LogP contribution in [0.15, 0.2) is 84.9 Å². The van der Waals surface area contributed by atoms with Gasteiger partial charge in [-0.3, -0.25) is 0 Å². The van der Waals surface area contributed by atoms with Gasteiger partial charge >= 0.3 is 0 Å². The van der Waals surface area contributed by atoms with E-state index in [1.165, 1.54) is 12.1 Å². The number of hydrogen-bond acceptors (Lipinski definition) is 1. The van der Waals surface area contributed by atoms with Crippen molar-refractivity contribution < 1.29 is 9.13 Å². The molecule has 0 aliphatic rings. The van der Waals surface area contributed by atoms with Gasteiger partial charge in [0.05, 0.1) is 7.11 Å². The zero-order valence-corrected chi connectivity index (χ0v) is 12.1. The van der Waals surface area contributed by atoms with Gasteiger partial charge in [-0.25, -0.2) is 4.39 Å². The Hall–Kier alpha value is -2.45. The van der Waals surface area contributed by atoms with Crippen molar-refractivity contribution in [1.82, 2.24) is 0 Å². The van der Waals surface area contributed by atoms with E-state index >= 15 is 0 Å². The highest BCUT2D eigenvalue weighted by Crippen LogP contribution is 2.40. The van der Waals surface area contributed by atoms with Gasteiger partial charge in [0.25, 0.3) is 0 Å². The molecule has 0 saturated carbocycles. The summed E-state index contributed by atoms with van der Waals surface area (Å²) in [5.74, 6) is -0.300. The summed E-state index contributed by atoms with van der Waals surface area (Å²) in [6.45, 7) is 0. The van der Waals surface area contributed by atoms with E-state index in [0.29, 0.717) is 5.56 Å². The van der Waals surface area contributed by atoms with Crippen molar-refractivity contribution in [3.05, 3.63) is 115 Å². The minimum Gasteiger partial charge on any atom is -0.358 e. The minimum absolute atomic E-state index is 0.300. The van der Waals surface area contributed by atoms with E-state index in [-0.39, 0.29) is 5.82 Å². The number of halogens is 1. The third-order valence-electron chi connectivity index (χ3n) is 3.81. The summed E-state index contributed by atoms with van der Waals surface area (Å²) in [6.07, 6.45) is 0. The SMILES string of the molecule is [CH2]OC(c1ccccc1)(c1ccccc1)c1cccc(F)c1. The van der Waals surface area contributed by atoms with Crippen LogP contribution in [0.3, 0.4) is 0 Å². The molecule has 0 atom stereocenters. The zero-order valence-electron chi connectivity index (χ0n) is 12.1. The molecule has 3 aromatic carbocycles. The van der Waals surface area contributed by atoms with Gasteiger partial charge in [-0.1, -0.05) is 72.8 Å². The van der Waals surface area contributed by atoms with Gasteiger partial charge in [0.15, 0.2) is 0 Å². The van der Waals surface area contributed by atoms with E-state index in [1.54, 1.807) is 6.07 Å². The van der Waals surface area contributed by atoms with Crippen LogP contribution in [0.2, 0.25) is 0 Å². The van der Waals surface area contributed by atoms with E-state index in [1.807, 2.05) is 66.7 Å². The molecule has 0 N–H and O–H groups in total. The molecule has 0 saturated heterocycles. The Morgan fingerprint density at radius 3 is 1.64 bits per heavy atom. The van der Waals surface area contributed by atoms with Crippen molar-refractivity contribution in [3.8, 4) is 0 Å². The van der Waals surface area contributed by atoms with E-state index in [0.717, 1.165) is 11.1 Å². The molecule has 0 unspecified atom stereocenters. The molecule has 0 amide bonds. The summed E-state index contributed by atoms with van der Waals surface area (Å²) in [5, 5.41) is 0. The summed E-state index contributed by atoms with van der Waals surface area (Å²) in [7, 11) is 3.69. The highest BCUT2D eigenvalue weighted by molar-refractivity contribution is 5.47. The predicted molar refractivity (Wildman–Crippen MR) is 85.6 cm³/mol. The van der Waals surface area contributed by atoms with Crippen molar-refractivity contribution >= 4 is 0 Å². The first-order chi connectivity index (χ1) is 10.8. The quantitative estimate of drug-likeness (QED) is 0.620. The van der Waals surface area contributed by atoms with Crippen molar-refractivity contribution in [1.29, 1.82) is 0 Å². The minimum atomic E-state index is -0.940. The molecule has 22 heavy (non-hydrogen) atoms. The van der Waals surface area contributed by atoms with Crippen molar-refractivity contribution in [2.75, 3.05) is 0 Å². The molecular formula is C20H16FO. The first-order valence-electron chi connectivity index (χ1n) is 7.07. The molecule has 3 rings (SSSR count). The first kappa shape index (κ1) is 14.5. The fourth-order valence-corrected chi connectivity index (χ4v) is 2.80. The number of hydrogen-bond donors (Lipinski definition) is 0. The Bertz CT molecular complexity index is 698. The van der Waals surface area contributed by atoms with Crippen LogP contribution in [-0.4, -0.2) is 0 Å². The molecule has 3 aromatic rings. The molecule has 0 heterocycles. The molecular weight excluding hydrogens is 275 g/mol. The van der Waals surface area contributed by atoms with Crippen LogP contribution in [0.1, 0.15) is 16.7 Å². The van der Waals surface area contributed by atoms with Gasteiger partial charge < -0.3 is 4.74 Å². The summed E-state index contributed by atoms with van der Waals surface area (Å²) in [6, 6.07) is 25.9. The zero-order chi connectivity index (χ0) is 15.4. The Morgan fingerprint density at radius 1 is 0.682 bits per heavy atom. The summed E-state index contributed by atoms with van der Waals surface area (Å²) < 4.78 is 19.5. The Labute approximate surface area is 130 Å². The lowest BCUT2D eigenvalue weighted by Gasteiger charge is -2.34. The number of ether oxygens (including phenoxy) is 1. The number of benzene rings is 3. The van der Waals surface area contributed by atoms with Gasteiger partial charge in [-0.15, -0.1) is 0 Å². The predicted octanol–water partition coefficient (Wildman–Crippen LogP) is 4.93. The van der Waals surface area contributed by atoms with Crippen LogP contribution in [0.4, 0.5) is 4.39 Å². The molecule has 0 spiro atoms. The largest absolute Gasteiger partial charge is 0.358 e. The highest BCUT2D eigenvalue weighted by Gasteiger charge is 2.36. The maximum absolute atomic E-state index is 13.8. The second kappa shape index (κ2) is 6.12. The maximum Gasteiger partial charge on any atom is 0.143 e. The molecule has 2 heteroatoms. The lowest BCUT2D eigenvalue weighted by molar-refractivity contribution is 0.0915. The van der Waals surface area contributed by atoms with E-state index in [4.69, 9.17) is 4.74 Å². The van der Waals surface area contributed by atoms with Gasteiger partial charge in [0.1, 0.15) is 11.4 Å². The lowest BCUT2D eigenvalue weighted by atomic mass is 9.80. The Kier molecular flexibility index (Phi) is 4.03. The number of rotatable bonds is 4. The molecule has 0 aliphatic heterocycles. The molecule has 1 radical (unpaired) electrons. The monoisotopic (exact) mass is 291 g/mol. The van der Waals surface area contributed by atoms with E-state index in [9.17, 15) is 4.39 Å². The molecule has 109 valence electrons. The average Bonchev–Trinajstić information content (AvgIpc) is 2.58. The normalized spacial score (nSPS) is 11.4.